The molecule has 5 nitrogen and oxygen atoms in total. The first kappa shape index (κ1) is 13.9. The van der Waals surface area contributed by atoms with Gasteiger partial charge in [0, 0.05) is 24.0 Å². The van der Waals surface area contributed by atoms with Crippen LogP contribution in [0.5, 0.6) is 0 Å². The van der Waals surface area contributed by atoms with Crippen molar-refractivity contribution < 1.29 is 8.42 Å². The molecule has 1 aromatic carbocycles. The molecule has 0 spiro atoms. The smallest absolute Gasteiger partial charge is 0.240 e. The Hall–Kier alpha value is -1.50. The molecule has 0 fully saturated rings. The van der Waals surface area contributed by atoms with Crippen molar-refractivity contribution in [2.75, 3.05) is 6.54 Å². The fraction of sp³-hybridized carbons (Fsp3) is 0.167. The molecule has 1 heterocycles. The van der Waals surface area contributed by atoms with Crippen LogP contribution < -0.4 is 4.72 Å². The molecule has 0 atom stereocenters. The summed E-state index contributed by atoms with van der Waals surface area (Å²) in [6.45, 7) is 0.280. The number of aromatic nitrogens is 2. The van der Waals surface area contributed by atoms with Gasteiger partial charge in [0.2, 0.25) is 10.0 Å². The summed E-state index contributed by atoms with van der Waals surface area (Å²) in [5.41, 5.74) is 0.872. The molecule has 0 aliphatic heterocycles. The van der Waals surface area contributed by atoms with Crippen molar-refractivity contribution in [1.29, 1.82) is 0 Å². The average Bonchev–Trinajstić information content (AvgIpc) is 2.40. The zero-order valence-corrected chi connectivity index (χ0v) is 11.5. The van der Waals surface area contributed by atoms with E-state index in [2.05, 4.69) is 14.7 Å². The van der Waals surface area contributed by atoms with Gasteiger partial charge in [0.25, 0.3) is 0 Å². The molecule has 1 aromatic heterocycles. The lowest BCUT2D eigenvalue weighted by atomic mass is 10.2. The highest BCUT2D eigenvalue weighted by atomic mass is 35.5. The minimum absolute atomic E-state index is 0.157. The second kappa shape index (κ2) is 6.10. The minimum atomic E-state index is -3.53. The molecule has 0 saturated carbocycles. The monoisotopic (exact) mass is 297 g/mol. The van der Waals surface area contributed by atoms with Gasteiger partial charge < -0.3 is 0 Å². The van der Waals surface area contributed by atoms with Crippen LogP contribution in [0.4, 0.5) is 0 Å². The summed E-state index contributed by atoms with van der Waals surface area (Å²) in [4.78, 5) is 7.88. The number of nitrogens with zero attached hydrogens (tertiary/aromatic N) is 2. The van der Waals surface area contributed by atoms with E-state index in [0.29, 0.717) is 11.4 Å². The highest BCUT2D eigenvalue weighted by molar-refractivity contribution is 7.89. The number of halogens is 1. The lowest BCUT2D eigenvalue weighted by Gasteiger charge is -2.06. The van der Waals surface area contributed by atoms with E-state index in [4.69, 9.17) is 11.6 Å². The van der Waals surface area contributed by atoms with Crippen LogP contribution in [-0.4, -0.2) is 24.9 Å². The van der Waals surface area contributed by atoms with E-state index in [1.54, 1.807) is 24.5 Å². The lowest BCUT2D eigenvalue weighted by molar-refractivity contribution is 0.581. The first-order valence-electron chi connectivity index (χ1n) is 5.57. The van der Waals surface area contributed by atoms with Gasteiger partial charge in [-0.25, -0.2) is 23.1 Å². The van der Waals surface area contributed by atoms with Crippen molar-refractivity contribution in [3.8, 4) is 0 Å². The van der Waals surface area contributed by atoms with Crippen LogP contribution >= 0.6 is 11.6 Å². The summed E-state index contributed by atoms with van der Waals surface area (Å²) in [7, 11) is -3.53. The van der Waals surface area contributed by atoms with Crippen molar-refractivity contribution in [2.24, 2.45) is 0 Å². The van der Waals surface area contributed by atoms with Crippen molar-refractivity contribution in [3.63, 3.8) is 0 Å². The molecule has 1 N–H and O–H groups in total. The summed E-state index contributed by atoms with van der Waals surface area (Å²) < 4.78 is 26.5. The normalized spacial score (nSPS) is 11.4. The molecular formula is C12H12ClN3O2S. The third-order valence-corrected chi connectivity index (χ3v) is 4.12. The molecule has 0 bridgehead atoms. The molecular weight excluding hydrogens is 286 g/mol. The summed E-state index contributed by atoms with van der Waals surface area (Å²) >= 11 is 5.77. The van der Waals surface area contributed by atoms with Crippen LogP contribution in [0, 0.1) is 0 Å². The van der Waals surface area contributed by atoms with Gasteiger partial charge in [0.05, 0.1) is 4.90 Å². The van der Waals surface area contributed by atoms with Gasteiger partial charge in [0.15, 0.2) is 0 Å². The first-order chi connectivity index (χ1) is 9.08. The van der Waals surface area contributed by atoms with E-state index < -0.39 is 10.0 Å². The predicted molar refractivity (Wildman–Crippen MR) is 72.4 cm³/mol. The van der Waals surface area contributed by atoms with E-state index in [9.17, 15) is 8.42 Å². The summed E-state index contributed by atoms with van der Waals surface area (Å²) in [5.74, 6) is 0. The van der Waals surface area contributed by atoms with E-state index >= 15 is 0 Å². The molecule has 0 saturated heterocycles. The fourth-order valence-corrected chi connectivity index (χ4v) is 2.84. The number of sulfonamides is 1. The molecule has 2 rings (SSSR count). The first-order valence-corrected chi connectivity index (χ1v) is 7.43. The van der Waals surface area contributed by atoms with Crippen LogP contribution in [0.2, 0.25) is 5.02 Å². The van der Waals surface area contributed by atoms with E-state index in [1.807, 2.05) is 0 Å². The Kier molecular flexibility index (Phi) is 4.47. The predicted octanol–water partition coefficient (Wildman–Crippen LogP) is 1.65. The van der Waals surface area contributed by atoms with Crippen LogP contribution in [-0.2, 0) is 16.4 Å². The molecule has 0 aliphatic carbocycles. The molecule has 100 valence electrons. The third kappa shape index (κ3) is 3.99. The molecule has 7 heteroatoms. The van der Waals surface area contributed by atoms with Crippen molar-refractivity contribution in [2.45, 2.75) is 11.3 Å². The maximum Gasteiger partial charge on any atom is 0.240 e. The Morgan fingerprint density at radius 1 is 1.21 bits per heavy atom. The topological polar surface area (TPSA) is 72.0 Å². The summed E-state index contributed by atoms with van der Waals surface area (Å²) in [5, 5.41) is 0.388. The number of hydrogen-bond donors (Lipinski definition) is 1. The van der Waals surface area contributed by atoms with E-state index in [1.165, 1.54) is 18.5 Å². The SMILES string of the molecule is O=S(=O)(NCCc1cncnc1)c1cccc(Cl)c1. The molecule has 2 aromatic rings. The molecule has 19 heavy (non-hydrogen) atoms. The van der Waals surface area contributed by atoms with Gasteiger partial charge in [-0.1, -0.05) is 17.7 Å². The quantitative estimate of drug-likeness (QED) is 0.911. The van der Waals surface area contributed by atoms with Gasteiger partial charge in [-0.05, 0) is 30.2 Å². The maximum atomic E-state index is 12.0. The molecule has 0 unspecified atom stereocenters. The Balaban J connectivity index is 1.99. The highest BCUT2D eigenvalue weighted by Crippen LogP contribution is 2.15. The highest BCUT2D eigenvalue weighted by Gasteiger charge is 2.13. The van der Waals surface area contributed by atoms with Gasteiger partial charge >= 0.3 is 0 Å². The van der Waals surface area contributed by atoms with Crippen LogP contribution in [0.25, 0.3) is 0 Å². The zero-order chi connectivity index (χ0) is 13.7. The Bertz CT molecular complexity index is 647. The van der Waals surface area contributed by atoms with E-state index in [0.717, 1.165) is 5.56 Å². The fourth-order valence-electron chi connectivity index (χ4n) is 1.51. The van der Waals surface area contributed by atoms with Gasteiger partial charge in [-0.15, -0.1) is 0 Å². The Morgan fingerprint density at radius 3 is 2.63 bits per heavy atom. The molecule has 0 amide bonds. The summed E-state index contributed by atoms with van der Waals surface area (Å²) in [6, 6.07) is 6.14. The second-order valence-corrected chi connectivity index (χ2v) is 6.06. The minimum Gasteiger partial charge on any atom is -0.245 e. The van der Waals surface area contributed by atoms with Crippen LogP contribution in [0.3, 0.4) is 0 Å². The standard InChI is InChI=1S/C12H12ClN3O2S/c13-11-2-1-3-12(6-11)19(17,18)16-5-4-10-7-14-9-15-8-10/h1-3,6-9,16H,4-5H2. The molecule has 0 radical (unpaired) electrons. The van der Waals surface area contributed by atoms with Crippen LogP contribution in [0.15, 0.2) is 47.9 Å². The molecule has 0 aliphatic rings. The van der Waals surface area contributed by atoms with Crippen molar-refractivity contribution in [1.82, 2.24) is 14.7 Å². The van der Waals surface area contributed by atoms with Crippen molar-refractivity contribution in [3.05, 3.63) is 53.6 Å². The average molecular weight is 298 g/mol. The van der Waals surface area contributed by atoms with E-state index in [-0.39, 0.29) is 11.4 Å². The number of hydrogen-bond acceptors (Lipinski definition) is 4. The van der Waals surface area contributed by atoms with Gasteiger partial charge in [0.1, 0.15) is 6.33 Å². The van der Waals surface area contributed by atoms with Crippen molar-refractivity contribution >= 4 is 21.6 Å². The number of benzene rings is 1. The lowest BCUT2D eigenvalue weighted by Crippen LogP contribution is -2.26. The second-order valence-electron chi connectivity index (χ2n) is 3.85. The van der Waals surface area contributed by atoms with Gasteiger partial charge in [-0.2, -0.15) is 0 Å². The number of nitrogens with one attached hydrogen (secondary N) is 1. The van der Waals surface area contributed by atoms with Gasteiger partial charge in [-0.3, -0.25) is 0 Å². The maximum absolute atomic E-state index is 12.0. The number of rotatable bonds is 5. The third-order valence-electron chi connectivity index (χ3n) is 2.43. The zero-order valence-electron chi connectivity index (χ0n) is 9.95. The van der Waals surface area contributed by atoms with Crippen LogP contribution in [0.1, 0.15) is 5.56 Å². The Morgan fingerprint density at radius 2 is 1.95 bits per heavy atom. The Labute approximate surface area is 116 Å². The largest absolute Gasteiger partial charge is 0.245 e. The summed E-state index contributed by atoms with van der Waals surface area (Å²) in [6.07, 6.45) is 5.27.